The summed E-state index contributed by atoms with van der Waals surface area (Å²) in [5, 5.41) is 9.59. The molecule has 0 saturated heterocycles. The number of rotatable bonds is 4. The van der Waals surface area contributed by atoms with Crippen LogP contribution in [0.15, 0.2) is 23.1 Å². The fourth-order valence-electron chi connectivity index (χ4n) is 2.23. The van der Waals surface area contributed by atoms with Gasteiger partial charge in [0.1, 0.15) is 16.5 Å². The van der Waals surface area contributed by atoms with Gasteiger partial charge in [-0.25, -0.2) is 21.9 Å². The van der Waals surface area contributed by atoms with E-state index in [0.29, 0.717) is 12.5 Å². The highest BCUT2D eigenvalue weighted by Gasteiger charge is 2.28. The lowest BCUT2D eigenvalue weighted by Crippen LogP contribution is -2.33. The maximum atomic E-state index is 13.4. The highest BCUT2D eigenvalue weighted by Crippen LogP contribution is 2.25. The predicted octanol–water partition coefficient (Wildman–Crippen LogP) is 1.40. The molecule has 1 aromatic carbocycles. The van der Waals surface area contributed by atoms with Gasteiger partial charge in [-0.2, -0.15) is 0 Å². The average molecular weight is 291 g/mol. The topological polar surface area (TPSA) is 66.4 Å². The van der Waals surface area contributed by atoms with Gasteiger partial charge >= 0.3 is 0 Å². The maximum Gasteiger partial charge on any atom is 0.243 e. The van der Waals surface area contributed by atoms with Gasteiger partial charge in [0.25, 0.3) is 0 Å². The first-order valence-corrected chi connectivity index (χ1v) is 7.51. The second-order valence-corrected chi connectivity index (χ2v) is 6.42. The van der Waals surface area contributed by atoms with Crippen LogP contribution in [-0.4, -0.2) is 26.2 Å². The van der Waals surface area contributed by atoms with Gasteiger partial charge in [-0.05, 0) is 37.0 Å². The van der Waals surface area contributed by atoms with Crippen molar-refractivity contribution in [3.8, 4) is 0 Å². The maximum absolute atomic E-state index is 13.4. The SMILES string of the molecule is O=S(=O)(NCC1CCCC1O)c1cc(F)ccc1F. The van der Waals surface area contributed by atoms with Crippen LogP contribution < -0.4 is 4.72 Å². The Bertz CT molecular complexity index is 562. The van der Waals surface area contributed by atoms with Crippen LogP contribution in [0.2, 0.25) is 0 Å². The van der Waals surface area contributed by atoms with E-state index in [1.165, 1.54) is 0 Å². The van der Waals surface area contributed by atoms with Crippen molar-refractivity contribution in [3.63, 3.8) is 0 Å². The second-order valence-electron chi connectivity index (χ2n) is 4.68. The van der Waals surface area contributed by atoms with Crippen LogP contribution in [0.25, 0.3) is 0 Å². The molecule has 2 rings (SSSR count). The molecule has 0 aromatic heterocycles. The third-order valence-electron chi connectivity index (χ3n) is 3.34. The molecule has 7 heteroatoms. The quantitative estimate of drug-likeness (QED) is 0.881. The van der Waals surface area contributed by atoms with Gasteiger partial charge in [-0.3, -0.25) is 0 Å². The van der Waals surface area contributed by atoms with E-state index in [0.717, 1.165) is 25.0 Å². The van der Waals surface area contributed by atoms with Crippen molar-refractivity contribution in [3.05, 3.63) is 29.8 Å². The number of halogens is 2. The molecule has 0 bridgehead atoms. The molecule has 19 heavy (non-hydrogen) atoms. The zero-order valence-electron chi connectivity index (χ0n) is 10.1. The molecule has 2 atom stereocenters. The molecule has 0 spiro atoms. The number of hydrogen-bond donors (Lipinski definition) is 2. The van der Waals surface area contributed by atoms with E-state index in [9.17, 15) is 22.3 Å². The van der Waals surface area contributed by atoms with Gasteiger partial charge in [-0.15, -0.1) is 0 Å². The Morgan fingerprint density at radius 3 is 2.68 bits per heavy atom. The predicted molar refractivity (Wildman–Crippen MR) is 64.9 cm³/mol. The molecule has 1 aliphatic rings. The third kappa shape index (κ3) is 3.29. The minimum atomic E-state index is -4.10. The Hall–Kier alpha value is -1.05. The summed E-state index contributed by atoms with van der Waals surface area (Å²) < 4.78 is 52.3. The molecule has 1 saturated carbocycles. The number of benzene rings is 1. The first-order valence-electron chi connectivity index (χ1n) is 6.03. The van der Waals surface area contributed by atoms with E-state index in [4.69, 9.17) is 0 Å². The Labute approximate surface area is 110 Å². The van der Waals surface area contributed by atoms with E-state index >= 15 is 0 Å². The van der Waals surface area contributed by atoms with E-state index in [1.807, 2.05) is 0 Å². The van der Waals surface area contributed by atoms with Crippen molar-refractivity contribution in [1.29, 1.82) is 0 Å². The molecular formula is C12H15F2NO3S. The monoisotopic (exact) mass is 291 g/mol. The molecule has 1 fully saturated rings. The van der Waals surface area contributed by atoms with Crippen molar-refractivity contribution in [1.82, 2.24) is 4.72 Å². The van der Waals surface area contributed by atoms with Crippen LogP contribution in [0.3, 0.4) is 0 Å². The Balaban J connectivity index is 2.12. The van der Waals surface area contributed by atoms with E-state index in [2.05, 4.69) is 4.72 Å². The summed E-state index contributed by atoms with van der Waals surface area (Å²) in [6, 6.07) is 2.27. The van der Waals surface area contributed by atoms with Gasteiger partial charge in [0.2, 0.25) is 10.0 Å². The summed E-state index contributed by atoms with van der Waals surface area (Å²) in [4.78, 5) is -0.708. The summed E-state index contributed by atoms with van der Waals surface area (Å²) >= 11 is 0. The van der Waals surface area contributed by atoms with Crippen molar-refractivity contribution in [2.24, 2.45) is 5.92 Å². The molecule has 2 N–H and O–H groups in total. The molecule has 0 radical (unpaired) electrons. The molecule has 1 aromatic rings. The van der Waals surface area contributed by atoms with Gasteiger partial charge in [-0.1, -0.05) is 6.42 Å². The van der Waals surface area contributed by atoms with Gasteiger partial charge in [0.15, 0.2) is 0 Å². The van der Waals surface area contributed by atoms with Crippen LogP contribution in [0.4, 0.5) is 8.78 Å². The Morgan fingerprint density at radius 2 is 2.05 bits per heavy atom. The van der Waals surface area contributed by atoms with Crippen LogP contribution in [-0.2, 0) is 10.0 Å². The summed E-state index contributed by atoms with van der Waals surface area (Å²) in [6.45, 7) is 0.0272. The van der Waals surface area contributed by atoms with Crippen molar-refractivity contribution in [2.45, 2.75) is 30.3 Å². The van der Waals surface area contributed by atoms with Crippen molar-refractivity contribution < 1.29 is 22.3 Å². The lowest BCUT2D eigenvalue weighted by atomic mass is 10.1. The first-order chi connectivity index (χ1) is 8.90. The van der Waals surface area contributed by atoms with Crippen molar-refractivity contribution >= 4 is 10.0 Å². The molecule has 2 unspecified atom stereocenters. The molecule has 1 aliphatic carbocycles. The highest BCUT2D eigenvalue weighted by atomic mass is 32.2. The molecule has 4 nitrogen and oxygen atoms in total. The van der Waals surface area contributed by atoms with Crippen LogP contribution in [0.1, 0.15) is 19.3 Å². The number of sulfonamides is 1. The third-order valence-corrected chi connectivity index (χ3v) is 4.78. The van der Waals surface area contributed by atoms with E-state index < -0.39 is 32.7 Å². The standard InChI is InChI=1S/C12H15F2NO3S/c13-9-4-5-10(14)12(6-9)19(17,18)15-7-8-2-1-3-11(8)16/h4-6,8,11,15-16H,1-3,7H2. The highest BCUT2D eigenvalue weighted by molar-refractivity contribution is 7.89. The largest absolute Gasteiger partial charge is 0.393 e. The zero-order valence-corrected chi connectivity index (χ0v) is 11.0. The Morgan fingerprint density at radius 1 is 1.32 bits per heavy atom. The van der Waals surface area contributed by atoms with Crippen LogP contribution >= 0.6 is 0 Å². The molecule has 0 aliphatic heterocycles. The smallest absolute Gasteiger partial charge is 0.243 e. The lowest BCUT2D eigenvalue weighted by Gasteiger charge is -2.15. The molecular weight excluding hydrogens is 276 g/mol. The lowest BCUT2D eigenvalue weighted by molar-refractivity contribution is 0.134. The van der Waals surface area contributed by atoms with Gasteiger partial charge in [0.05, 0.1) is 6.10 Å². The van der Waals surface area contributed by atoms with E-state index in [1.54, 1.807) is 0 Å². The average Bonchev–Trinajstić information content (AvgIpc) is 2.75. The minimum Gasteiger partial charge on any atom is -0.393 e. The molecule has 0 heterocycles. The van der Waals surface area contributed by atoms with E-state index in [-0.39, 0.29) is 12.5 Å². The summed E-state index contributed by atoms with van der Waals surface area (Å²) in [6.07, 6.45) is 1.65. The number of hydrogen-bond acceptors (Lipinski definition) is 3. The molecule has 106 valence electrons. The number of aliphatic hydroxyl groups is 1. The zero-order chi connectivity index (χ0) is 14.0. The molecule has 0 amide bonds. The van der Waals surface area contributed by atoms with Gasteiger partial charge in [0, 0.05) is 6.54 Å². The second kappa shape index (κ2) is 5.52. The normalized spacial score (nSPS) is 23.7. The van der Waals surface area contributed by atoms with Gasteiger partial charge < -0.3 is 5.11 Å². The Kier molecular flexibility index (Phi) is 4.17. The van der Waals surface area contributed by atoms with Crippen LogP contribution in [0, 0.1) is 17.6 Å². The fourth-order valence-corrected chi connectivity index (χ4v) is 3.41. The summed E-state index contributed by atoms with van der Waals surface area (Å²) in [5.41, 5.74) is 0. The fraction of sp³-hybridized carbons (Fsp3) is 0.500. The van der Waals surface area contributed by atoms with Crippen molar-refractivity contribution in [2.75, 3.05) is 6.54 Å². The summed E-state index contributed by atoms with van der Waals surface area (Å²) in [7, 11) is -4.10. The first kappa shape index (κ1) is 14.4. The minimum absolute atomic E-state index is 0.0272. The number of aliphatic hydroxyl groups excluding tert-OH is 1. The van der Waals surface area contributed by atoms with Crippen LogP contribution in [0.5, 0.6) is 0 Å². The summed E-state index contributed by atoms with van der Waals surface area (Å²) in [5.74, 6) is -1.99. The number of nitrogens with one attached hydrogen (secondary N) is 1.